The fraction of sp³-hybridized carbons (Fsp3) is 0.467. The molecule has 1 aromatic carbocycles. The highest BCUT2D eigenvalue weighted by Gasteiger charge is 2.27. The number of piperidine rings is 1. The quantitative estimate of drug-likeness (QED) is 0.853. The highest BCUT2D eigenvalue weighted by Crippen LogP contribution is 2.22. The summed E-state index contributed by atoms with van der Waals surface area (Å²) in [5.41, 5.74) is 6.40. The van der Waals surface area contributed by atoms with E-state index in [4.69, 9.17) is 5.73 Å². The van der Waals surface area contributed by atoms with Crippen LogP contribution in [-0.4, -0.2) is 49.1 Å². The molecule has 0 radical (unpaired) electrons. The second-order valence-electron chi connectivity index (χ2n) is 5.70. The summed E-state index contributed by atoms with van der Waals surface area (Å²) < 4.78 is 14.1. The van der Waals surface area contributed by atoms with Crippen LogP contribution in [0.1, 0.15) is 23.2 Å². The topological polar surface area (TPSA) is 78.7 Å². The van der Waals surface area contributed by atoms with Crippen LogP contribution in [0, 0.1) is 5.82 Å². The maximum atomic E-state index is 14.1. The largest absolute Gasteiger partial charge is 0.337 e. The summed E-state index contributed by atoms with van der Waals surface area (Å²) in [5, 5.41) is 2.68. The van der Waals surface area contributed by atoms with Gasteiger partial charge in [-0.05, 0) is 31.0 Å². The average Bonchev–Trinajstić information content (AvgIpc) is 2.93. The average molecular weight is 306 g/mol. The van der Waals surface area contributed by atoms with Crippen molar-refractivity contribution in [2.75, 3.05) is 31.1 Å². The molecule has 2 aliphatic rings. The van der Waals surface area contributed by atoms with Gasteiger partial charge in [0.15, 0.2) is 0 Å². The third-order valence-electron chi connectivity index (χ3n) is 4.09. The predicted molar refractivity (Wildman–Crippen MR) is 80.3 cm³/mol. The second kappa shape index (κ2) is 5.92. The molecule has 0 aliphatic carbocycles. The molecule has 1 atom stereocenters. The highest BCUT2D eigenvalue weighted by atomic mass is 19.1. The van der Waals surface area contributed by atoms with Crippen molar-refractivity contribution in [2.45, 2.75) is 18.9 Å². The van der Waals surface area contributed by atoms with Gasteiger partial charge in [0.25, 0.3) is 5.91 Å². The monoisotopic (exact) mass is 306 g/mol. The first-order valence-corrected chi connectivity index (χ1v) is 7.46. The highest BCUT2D eigenvalue weighted by molar-refractivity contribution is 5.98. The Bertz CT molecular complexity index is 607. The van der Waals surface area contributed by atoms with Crippen LogP contribution in [0.2, 0.25) is 0 Å². The minimum absolute atomic E-state index is 0.00806. The van der Waals surface area contributed by atoms with Gasteiger partial charge in [0, 0.05) is 37.9 Å². The van der Waals surface area contributed by atoms with Gasteiger partial charge in [0.1, 0.15) is 5.82 Å². The fourth-order valence-electron chi connectivity index (χ4n) is 2.93. The summed E-state index contributed by atoms with van der Waals surface area (Å²) >= 11 is 0. The lowest BCUT2D eigenvalue weighted by Crippen LogP contribution is -2.46. The van der Waals surface area contributed by atoms with Gasteiger partial charge in [-0.15, -0.1) is 0 Å². The summed E-state index contributed by atoms with van der Waals surface area (Å²) in [6, 6.07) is 3.90. The number of nitrogens with two attached hydrogens (primary N) is 1. The van der Waals surface area contributed by atoms with Gasteiger partial charge >= 0.3 is 6.03 Å². The number of anilines is 1. The zero-order valence-corrected chi connectivity index (χ0v) is 12.2. The van der Waals surface area contributed by atoms with Gasteiger partial charge in [-0.2, -0.15) is 0 Å². The van der Waals surface area contributed by atoms with Crippen molar-refractivity contribution < 1.29 is 14.0 Å². The summed E-state index contributed by atoms with van der Waals surface area (Å²) in [7, 11) is 0. The van der Waals surface area contributed by atoms with Crippen molar-refractivity contribution >= 4 is 17.6 Å². The number of amides is 3. The first-order chi connectivity index (χ1) is 10.6. The number of likely N-dealkylation sites (tertiary alicyclic amines) is 1. The molecule has 1 unspecified atom stereocenters. The van der Waals surface area contributed by atoms with Crippen molar-refractivity contribution in [3.05, 3.63) is 29.6 Å². The van der Waals surface area contributed by atoms with Crippen molar-refractivity contribution in [1.29, 1.82) is 0 Å². The summed E-state index contributed by atoms with van der Waals surface area (Å²) in [6.07, 6.45) is 1.70. The number of hydrogen-bond donors (Lipinski definition) is 2. The Morgan fingerprint density at radius 2 is 2.18 bits per heavy atom. The van der Waals surface area contributed by atoms with Crippen LogP contribution in [0.4, 0.5) is 14.9 Å². The Hall–Kier alpha value is -2.15. The van der Waals surface area contributed by atoms with Gasteiger partial charge in [0.2, 0.25) is 0 Å². The lowest BCUT2D eigenvalue weighted by molar-refractivity contribution is 0.0704. The van der Waals surface area contributed by atoms with Gasteiger partial charge in [-0.3, -0.25) is 9.69 Å². The number of halogens is 1. The first-order valence-electron chi connectivity index (χ1n) is 7.46. The molecule has 1 aromatic rings. The SMILES string of the molecule is NC1CCCN(C(=O)c2cc(N3CCNC3=O)ccc2F)C1. The summed E-state index contributed by atoms with van der Waals surface area (Å²) in [6.45, 7) is 2.07. The Morgan fingerprint density at radius 3 is 2.86 bits per heavy atom. The van der Waals surface area contributed by atoms with Crippen molar-refractivity contribution in [2.24, 2.45) is 5.73 Å². The van der Waals surface area contributed by atoms with Crippen molar-refractivity contribution in [1.82, 2.24) is 10.2 Å². The minimum atomic E-state index is -0.576. The van der Waals surface area contributed by atoms with Crippen LogP contribution in [0.25, 0.3) is 0 Å². The lowest BCUT2D eigenvalue weighted by atomic mass is 10.0. The van der Waals surface area contributed by atoms with E-state index in [1.54, 1.807) is 4.90 Å². The Labute approximate surface area is 128 Å². The maximum absolute atomic E-state index is 14.1. The van der Waals surface area contributed by atoms with Gasteiger partial charge < -0.3 is 16.0 Å². The van der Waals surface area contributed by atoms with E-state index in [0.29, 0.717) is 31.9 Å². The molecule has 2 saturated heterocycles. The molecule has 6 nitrogen and oxygen atoms in total. The predicted octanol–water partition coefficient (Wildman–Crippen LogP) is 0.919. The molecule has 0 spiro atoms. The van der Waals surface area contributed by atoms with E-state index in [-0.39, 0.29) is 23.5 Å². The molecule has 7 heteroatoms. The van der Waals surface area contributed by atoms with E-state index in [1.807, 2.05) is 0 Å². The zero-order chi connectivity index (χ0) is 15.7. The van der Waals surface area contributed by atoms with Crippen molar-refractivity contribution in [3.8, 4) is 0 Å². The molecule has 3 N–H and O–H groups in total. The molecule has 0 aromatic heterocycles. The smallest absolute Gasteiger partial charge is 0.321 e. The number of carbonyl (C=O) groups is 2. The number of rotatable bonds is 2. The van der Waals surface area contributed by atoms with E-state index < -0.39 is 5.82 Å². The second-order valence-corrected chi connectivity index (χ2v) is 5.70. The zero-order valence-electron chi connectivity index (χ0n) is 12.2. The molecule has 2 heterocycles. The number of nitrogens with one attached hydrogen (secondary N) is 1. The number of hydrogen-bond acceptors (Lipinski definition) is 3. The van der Waals surface area contributed by atoms with E-state index in [1.165, 1.54) is 23.1 Å². The number of urea groups is 1. The molecule has 0 bridgehead atoms. The lowest BCUT2D eigenvalue weighted by Gasteiger charge is -2.31. The molecule has 0 saturated carbocycles. The van der Waals surface area contributed by atoms with E-state index in [9.17, 15) is 14.0 Å². The molecule has 3 rings (SSSR count). The number of nitrogens with zero attached hydrogens (tertiary/aromatic N) is 2. The van der Waals surface area contributed by atoms with Crippen LogP contribution < -0.4 is 16.0 Å². The van der Waals surface area contributed by atoms with Crippen LogP contribution in [-0.2, 0) is 0 Å². The van der Waals surface area contributed by atoms with Crippen LogP contribution in [0.5, 0.6) is 0 Å². The summed E-state index contributed by atoms with van der Waals surface area (Å²) in [5.74, 6) is -0.943. The molecular formula is C15H19FN4O2. The van der Waals surface area contributed by atoms with Gasteiger partial charge in [-0.1, -0.05) is 0 Å². The van der Waals surface area contributed by atoms with Gasteiger partial charge in [-0.25, -0.2) is 9.18 Å². The molecule has 2 fully saturated rings. The Balaban J connectivity index is 1.86. The van der Waals surface area contributed by atoms with E-state index in [0.717, 1.165) is 12.8 Å². The van der Waals surface area contributed by atoms with E-state index >= 15 is 0 Å². The van der Waals surface area contributed by atoms with Crippen molar-refractivity contribution in [3.63, 3.8) is 0 Å². The third kappa shape index (κ3) is 2.76. The normalized spacial score (nSPS) is 21.9. The Kier molecular flexibility index (Phi) is 3.98. The molecule has 3 amide bonds. The van der Waals surface area contributed by atoms with E-state index in [2.05, 4.69) is 5.32 Å². The van der Waals surface area contributed by atoms with Crippen LogP contribution in [0.15, 0.2) is 18.2 Å². The molecule has 118 valence electrons. The molecular weight excluding hydrogens is 287 g/mol. The number of carbonyl (C=O) groups excluding carboxylic acids is 2. The standard InChI is InChI=1S/C15H19FN4O2/c16-13-4-3-11(20-7-5-18-15(20)22)8-12(13)14(21)19-6-1-2-10(17)9-19/h3-4,8,10H,1-2,5-7,9,17H2,(H,18,22). The summed E-state index contributed by atoms with van der Waals surface area (Å²) in [4.78, 5) is 27.3. The number of benzene rings is 1. The van der Waals surface area contributed by atoms with Gasteiger partial charge in [0.05, 0.1) is 5.56 Å². The van der Waals surface area contributed by atoms with Crippen LogP contribution >= 0.6 is 0 Å². The molecule has 22 heavy (non-hydrogen) atoms. The maximum Gasteiger partial charge on any atom is 0.321 e. The fourth-order valence-corrected chi connectivity index (χ4v) is 2.93. The first kappa shape index (κ1) is 14.8. The third-order valence-corrected chi connectivity index (χ3v) is 4.09. The minimum Gasteiger partial charge on any atom is -0.337 e. The molecule has 2 aliphatic heterocycles. The van der Waals surface area contributed by atoms with Crippen LogP contribution in [0.3, 0.4) is 0 Å². The Morgan fingerprint density at radius 1 is 1.36 bits per heavy atom.